The minimum atomic E-state index is -0.344. The lowest BCUT2D eigenvalue weighted by molar-refractivity contribution is 0.276. The number of hydrogen-bond donors (Lipinski definition) is 0. The molecule has 8 heavy (non-hydrogen) atoms. The summed E-state index contributed by atoms with van der Waals surface area (Å²) in [5.74, 6) is 0. The second kappa shape index (κ2) is 4.53. The van der Waals surface area contributed by atoms with Crippen molar-refractivity contribution in [2.75, 3.05) is 0 Å². The van der Waals surface area contributed by atoms with Crippen molar-refractivity contribution in [3.05, 3.63) is 0 Å². The van der Waals surface area contributed by atoms with Gasteiger partial charge in [-0.1, -0.05) is 24.6 Å². The monoisotopic (exact) mass is 170 g/mol. The number of hydrogen-bond acceptors (Lipinski definition) is 3. The van der Waals surface area contributed by atoms with E-state index in [2.05, 4.69) is 0 Å². The van der Waals surface area contributed by atoms with E-state index in [1.54, 1.807) is 0 Å². The third kappa shape index (κ3) is 6.66. The SMILES string of the molecule is CC(C)SSC(=O)Cl. The van der Waals surface area contributed by atoms with Gasteiger partial charge in [0.1, 0.15) is 0 Å². The highest BCUT2D eigenvalue weighted by atomic mass is 35.5. The molecule has 0 aliphatic heterocycles. The Balaban J connectivity index is 3.05. The summed E-state index contributed by atoms with van der Waals surface area (Å²) >= 11 is 5.03. The smallest absolute Gasteiger partial charge is 0.267 e. The quantitative estimate of drug-likeness (QED) is 0.468. The Morgan fingerprint density at radius 2 is 2.12 bits per heavy atom. The highest BCUT2D eigenvalue weighted by molar-refractivity contribution is 8.83. The molecule has 0 rings (SSSR count). The fraction of sp³-hybridized carbons (Fsp3) is 0.750. The van der Waals surface area contributed by atoms with Crippen LogP contribution in [0, 0.1) is 0 Å². The third-order valence-corrected chi connectivity index (χ3v) is 3.32. The molecule has 0 aromatic rings. The molecule has 0 aliphatic carbocycles. The summed E-state index contributed by atoms with van der Waals surface area (Å²) in [4.78, 5) is 10.1. The van der Waals surface area contributed by atoms with E-state index < -0.39 is 0 Å². The van der Waals surface area contributed by atoms with Gasteiger partial charge in [0.2, 0.25) is 0 Å². The first-order valence-corrected chi connectivity index (χ1v) is 4.75. The fourth-order valence-electron chi connectivity index (χ4n) is 0.134. The molecule has 0 N–H and O–H groups in total. The van der Waals surface area contributed by atoms with Crippen LogP contribution < -0.4 is 0 Å². The molecule has 0 radical (unpaired) electrons. The van der Waals surface area contributed by atoms with E-state index in [1.807, 2.05) is 13.8 Å². The molecule has 4 heteroatoms. The van der Waals surface area contributed by atoms with Gasteiger partial charge in [-0.15, -0.1) is 0 Å². The van der Waals surface area contributed by atoms with E-state index in [0.29, 0.717) is 5.25 Å². The van der Waals surface area contributed by atoms with Crippen molar-refractivity contribution in [1.82, 2.24) is 0 Å². The molecule has 0 aromatic carbocycles. The standard InChI is InChI=1S/C4H7ClOS2/c1-3(2)7-8-4(5)6/h3H,1-2H3. The number of carbonyl (C=O) groups is 1. The normalized spacial score (nSPS) is 10.0. The zero-order chi connectivity index (χ0) is 6.57. The molecular formula is C4H7ClOS2. The second-order valence-electron chi connectivity index (χ2n) is 1.47. The van der Waals surface area contributed by atoms with Crippen LogP contribution in [0.5, 0.6) is 0 Å². The summed E-state index contributed by atoms with van der Waals surface area (Å²) in [5, 5.41) is 0.461. The average molecular weight is 171 g/mol. The second-order valence-corrected chi connectivity index (χ2v) is 4.78. The largest absolute Gasteiger partial charge is 0.290 e. The Hall–Kier alpha value is 0.660. The maximum absolute atomic E-state index is 10.1. The molecule has 1 nitrogen and oxygen atoms in total. The number of halogens is 1. The van der Waals surface area contributed by atoms with Gasteiger partial charge in [0, 0.05) is 5.25 Å². The van der Waals surface area contributed by atoms with Crippen molar-refractivity contribution in [2.45, 2.75) is 19.1 Å². The molecule has 0 unspecified atom stereocenters. The lowest BCUT2D eigenvalue weighted by atomic mass is 10.6. The van der Waals surface area contributed by atoms with Gasteiger partial charge in [0.25, 0.3) is 4.57 Å². The third-order valence-electron chi connectivity index (χ3n) is 0.306. The first-order chi connectivity index (χ1) is 3.63. The van der Waals surface area contributed by atoms with E-state index in [1.165, 1.54) is 10.8 Å². The summed E-state index contributed by atoms with van der Waals surface area (Å²) in [6.45, 7) is 4.02. The van der Waals surface area contributed by atoms with E-state index in [9.17, 15) is 4.79 Å². The lowest BCUT2D eigenvalue weighted by Crippen LogP contribution is -1.81. The molecule has 0 aromatic heterocycles. The fourth-order valence-corrected chi connectivity index (χ4v) is 1.53. The zero-order valence-electron chi connectivity index (χ0n) is 4.68. The molecule has 0 aliphatic rings. The van der Waals surface area contributed by atoms with E-state index in [-0.39, 0.29) is 4.57 Å². The van der Waals surface area contributed by atoms with E-state index >= 15 is 0 Å². The van der Waals surface area contributed by atoms with Crippen molar-refractivity contribution in [3.8, 4) is 0 Å². The molecule has 48 valence electrons. The summed E-state index contributed by atoms with van der Waals surface area (Å²) < 4.78 is -0.344. The topological polar surface area (TPSA) is 17.1 Å². The predicted octanol–water partition coefficient (Wildman–Crippen LogP) is 3.14. The minimum Gasteiger partial charge on any atom is -0.267 e. The van der Waals surface area contributed by atoms with Crippen LogP contribution in [-0.4, -0.2) is 9.82 Å². The Labute approximate surface area is 61.9 Å². The molecule has 0 fully saturated rings. The highest BCUT2D eigenvalue weighted by Crippen LogP contribution is 2.28. The van der Waals surface area contributed by atoms with Gasteiger partial charge < -0.3 is 0 Å². The molecule has 0 saturated carbocycles. The van der Waals surface area contributed by atoms with Crippen LogP contribution in [0.15, 0.2) is 0 Å². The molecule has 0 saturated heterocycles. The van der Waals surface area contributed by atoms with Gasteiger partial charge in [-0.3, -0.25) is 4.79 Å². The first kappa shape index (κ1) is 8.66. The summed E-state index contributed by atoms with van der Waals surface area (Å²) in [7, 11) is 2.56. The molecule has 0 amide bonds. The van der Waals surface area contributed by atoms with Crippen molar-refractivity contribution in [1.29, 1.82) is 0 Å². The van der Waals surface area contributed by atoms with Crippen LogP contribution in [0.4, 0.5) is 4.79 Å². The van der Waals surface area contributed by atoms with Gasteiger partial charge in [-0.2, -0.15) is 0 Å². The Bertz CT molecular complexity index is 84.1. The molecule has 0 heterocycles. The summed E-state index contributed by atoms with van der Waals surface area (Å²) in [5.41, 5.74) is 0. The Kier molecular flexibility index (Phi) is 4.90. The number of carbonyl (C=O) groups excluding carboxylic acids is 1. The van der Waals surface area contributed by atoms with Crippen LogP contribution in [0.25, 0.3) is 0 Å². The van der Waals surface area contributed by atoms with Gasteiger partial charge in [0.15, 0.2) is 0 Å². The van der Waals surface area contributed by atoms with E-state index in [0.717, 1.165) is 10.8 Å². The minimum absolute atomic E-state index is 0.344. The Morgan fingerprint density at radius 3 is 2.25 bits per heavy atom. The van der Waals surface area contributed by atoms with Crippen LogP contribution in [0.2, 0.25) is 0 Å². The zero-order valence-corrected chi connectivity index (χ0v) is 7.07. The van der Waals surface area contributed by atoms with Gasteiger partial charge in [-0.25, -0.2) is 0 Å². The molecule has 0 bridgehead atoms. The van der Waals surface area contributed by atoms with Crippen LogP contribution in [0.3, 0.4) is 0 Å². The van der Waals surface area contributed by atoms with Crippen molar-refractivity contribution in [2.24, 2.45) is 0 Å². The van der Waals surface area contributed by atoms with Crippen molar-refractivity contribution >= 4 is 37.8 Å². The maximum atomic E-state index is 10.1. The summed E-state index contributed by atoms with van der Waals surface area (Å²) in [6.07, 6.45) is 0. The summed E-state index contributed by atoms with van der Waals surface area (Å²) in [6, 6.07) is 0. The molecule has 0 spiro atoms. The first-order valence-electron chi connectivity index (χ1n) is 2.15. The van der Waals surface area contributed by atoms with Crippen LogP contribution in [-0.2, 0) is 0 Å². The van der Waals surface area contributed by atoms with Crippen molar-refractivity contribution in [3.63, 3.8) is 0 Å². The maximum Gasteiger partial charge on any atom is 0.290 e. The molecular weight excluding hydrogens is 164 g/mol. The van der Waals surface area contributed by atoms with Crippen LogP contribution >= 0.6 is 33.2 Å². The van der Waals surface area contributed by atoms with Crippen LogP contribution in [0.1, 0.15) is 13.8 Å². The molecule has 0 atom stereocenters. The van der Waals surface area contributed by atoms with E-state index in [4.69, 9.17) is 11.6 Å². The number of rotatable bonds is 2. The Morgan fingerprint density at radius 1 is 1.62 bits per heavy atom. The highest BCUT2D eigenvalue weighted by Gasteiger charge is 1.98. The average Bonchev–Trinajstić information content (AvgIpc) is 1.61. The van der Waals surface area contributed by atoms with Gasteiger partial charge >= 0.3 is 0 Å². The van der Waals surface area contributed by atoms with Gasteiger partial charge in [-0.05, 0) is 22.4 Å². The van der Waals surface area contributed by atoms with Crippen molar-refractivity contribution < 1.29 is 4.79 Å². The van der Waals surface area contributed by atoms with Gasteiger partial charge in [0.05, 0.1) is 0 Å². The lowest BCUT2D eigenvalue weighted by Gasteiger charge is -1.96. The predicted molar refractivity (Wildman–Crippen MR) is 41.6 cm³/mol.